The number of rotatable bonds is 7. The van der Waals surface area contributed by atoms with Gasteiger partial charge in [0.15, 0.2) is 0 Å². The molecule has 0 aliphatic rings. The first-order valence-corrected chi connectivity index (χ1v) is 7.26. The highest BCUT2D eigenvalue weighted by Gasteiger charge is 2.11. The molecule has 1 heterocycles. The van der Waals surface area contributed by atoms with Crippen LogP contribution in [0.3, 0.4) is 0 Å². The molecule has 0 aliphatic heterocycles. The van der Waals surface area contributed by atoms with E-state index < -0.39 is 0 Å². The summed E-state index contributed by atoms with van der Waals surface area (Å²) in [5, 5.41) is 3.28. The van der Waals surface area contributed by atoms with Crippen LogP contribution in [0.15, 0.2) is 42.6 Å². The number of nitrogens with one attached hydrogen (secondary N) is 1. The quantitative estimate of drug-likeness (QED) is 0.840. The van der Waals surface area contributed by atoms with Crippen LogP contribution in [0.1, 0.15) is 37.6 Å². The molecule has 0 fully saturated rings. The van der Waals surface area contributed by atoms with Gasteiger partial charge >= 0.3 is 0 Å². The number of nitrogens with zero attached hydrogens (tertiary/aromatic N) is 1. The summed E-state index contributed by atoms with van der Waals surface area (Å²) in [6.07, 6.45) is 2.74. The molecule has 1 atom stereocenters. The summed E-state index contributed by atoms with van der Waals surface area (Å²) in [5.74, 6) is 0.272. The minimum atomic E-state index is -0.246. The zero-order valence-corrected chi connectivity index (χ0v) is 12.5. The topological polar surface area (TPSA) is 34.1 Å². The fourth-order valence-electron chi connectivity index (χ4n) is 2.06. The lowest BCUT2D eigenvalue weighted by Crippen LogP contribution is -2.20. The Morgan fingerprint density at radius 1 is 1.29 bits per heavy atom. The van der Waals surface area contributed by atoms with Crippen LogP contribution in [0.4, 0.5) is 4.39 Å². The minimum Gasteiger partial charge on any atom is -0.487 e. The smallest absolute Gasteiger partial charge is 0.131 e. The molecule has 1 N–H and O–H groups in total. The third kappa shape index (κ3) is 4.53. The average molecular weight is 288 g/mol. The molecule has 112 valence electrons. The van der Waals surface area contributed by atoms with Gasteiger partial charge in [-0.3, -0.25) is 4.98 Å². The van der Waals surface area contributed by atoms with E-state index in [1.54, 1.807) is 18.3 Å². The molecule has 1 aromatic carbocycles. The summed E-state index contributed by atoms with van der Waals surface area (Å²) >= 11 is 0. The number of hydrogen-bond donors (Lipinski definition) is 1. The molecule has 0 aliphatic carbocycles. The molecular weight excluding hydrogens is 267 g/mol. The number of ether oxygens (including phenoxy) is 1. The van der Waals surface area contributed by atoms with E-state index >= 15 is 0 Å². The Balaban J connectivity index is 1.98. The highest BCUT2D eigenvalue weighted by molar-refractivity contribution is 5.30. The normalized spacial score (nSPS) is 12.1. The summed E-state index contributed by atoms with van der Waals surface area (Å²) < 4.78 is 19.7. The maximum Gasteiger partial charge on any atom is 0.131 e. The molecule has 4 heteroatoms. The van der Waals surface area contributed by atoms with Crippen molar-refractivity contribution < 1.29 is 9.13 Å². The van der Waals surface area contributed by atoms with E-state index in [2.05, 4.69) is 17.2 Å². The van der Waals surface area contributed by atoms with Gasteiger partial charge in [0, 0.05) is 23.9 Å². The van der Waals surface area contributed by atoms with Crippen LogP contribution in [0, 0.1) is 5.82 Å². The zero-order valence-electron chi connectivity index (χ0n) is 12.5. The lowest BCUT2D eigenvalue weighted by molar-refractivity contribution is 0.299. The molecule has 0 saturated heterocycles. The summed E-state index contributed by atoms with van der Waals surface area (Å²) in [4.78, 5) is 4.17. The second kappa shape index (κ2) is 7.74. The first-order chi connectivity index (χ1) is 10.2. The Labute approximate surface area is 125 Å². The van der Waals surface area contributed by atoms with Gasteiger partial charge < -0.3 is 10.1 Å². The van der Waals surface area contributed by atoms with Crippen molar-refractivity contribution in [2.75, 3.05) is 6.54 Å². The van der Waals surface area contributed by atoms with Gasteiger partial charge in [0.25, 0.3) is 0 Å². The van der Waals surface area contributed by atoms with Crippen molar-refractivity contribution in [1.82, 2.24) is 10.3 Å². The standard InChI is InChI=1S/C17H21FN2O/c1-3-9-19-13(2)16-8-7-15(11-17(16)18)21-12-14-6-4-5-10-20-14/h4-8,10-11,13,19H,3,9,12H2,1-2H3. The van der Waals surface area contributed by atoms with Gasteiger partial charge in [-0.2, -0.15) is 0 Å². The monoisotopic (exact) mass is 288 g/mol. The predicted molar refractivity (Wildman–Crippen MR) is 81.7 cm³/mol. The minimum absolute atomic E-state index is 0.00482. The van der Waals surface area contributed by atoms with Gasteiger partial charge in [-0.05, 0) is 38.1 Å². The maximum atomic E-state index is 14.1. The molecule has 1 aromatic heterocycles. The van der Waals surface area contributed by atoms with Gasteiger partial charge in [0.2, 0.25) is 0 Å². The Kier molecular flexibility index (Phi) is 5.69. The van der Waals surface area contributed by atoms with Crippen LogP contribution in [0.25, 0.3) is 0 Å². The summed E-state index contributed by atoms with van der Waals surface area (Å²) in [6.45, 7) is 5.26. The van der Waals surface area contributed by atoms with Crippen LogP contribution in [0.2, 0.25) is 0 Å². The molecule has 21 heavy (non-hydrogen) atoms. The fraction of sp³-hybridized carbons (Fsp3) is 0.353. The summed E-state index contributed by atoms with van der Waals surface area (Å²) in [6, 6.07) is 10.6. The first-order valence-electron chi connectivity index (χ1n) is 7.26. The van der Waals surface area contributed by atoms with Crippen LogP contribution < -0.4 is 10.1 Å². The van der Waals surface area contributed by atoms with Crippen molar-refractivity contribution in [3.8, 4) is 5.75 Å². The van der Waals surface area contributed by atoms with E-state index in [9.17, 15) is 4.39 Å². The van der Waals surface area contributed by atoms with E-state index in [1.807, 2.05) is 25.1 Å². The van der Waals surface area contributed by atoms with Gasteiger partial charge in [-0.25, -0.2) is 4.39 Å². The molecule has 0 spiro atoms. The number of pyridine rings is 1. The number of benzene rings is 1. The molecule has 0 radical (unpaired) electrons. The van der Waals surface area contributed by atoms with Crippen molar-refractivity contribution >= 4 is 0 Å². The average Bonchev–Trinajstić information content (AvgIpc) is 2.51. The number of aromatic nitrogens is 1. The third-order valence-corrected chi connectivity index (χ3v) is 3.25. The Bertz CT molecular complexity index is 560. The van der Waals surface area contributed by atoms with Crippen molar-refractivity contribution in [2.45, 2.75) is 32.9 Å². The second-order valence-corrected chi connectivity index (χ2v) is 4.97. The zero-order chi connectivity index (χ0) is 15.1. The van der Waals surface area contributed by atoms with Crippen LogP contribution in [0.5, 0.6) is 5.75 Å². The Morgan fingerprint density at radius 3 is 2.81 bits per heavy atom. The van der Waals surface area contributed by atoms with Crippen molar-refractivity contribution in [3.63, 3.8) is 0 Å². The van der Waals surface area contributed by atoms with Crippen LogP contribution in [-0.4, -0.2) is 11.5 Å². The number of hydrogen-bond acceptors (Lipinski definition) is 3. The lowest BCUT2D eigenvalue weighted by atomic mass is 10.1. The van der Waals surface area contributed by atoms with Crippen molar-refractivity contribution in [1.29, 1.82) is 0 Å². The van der Waals surface area contributed by atoms with Crippen molar-refractivity contribution in [2.24, 2.45) is 0 Å². The van der Waals surface area contributed by atoms with Gasteiger partial charge in [0.05, 0.1) is 5.69 Å². The third-order valence-electron chi connectivity index (χ3n) is 3.25. The first kappa shape index (κ1) is 15.4. The van der Waals surface area contributed by atoms with E-state index in [-0.39, 0.29) is 11.9 Å². The SMILES string of the molecule is CCCNC(C)c1ccc(OCc2ccccn2)cc1F. The molecule has 1 unspecified atom stereocenters. The molecule has 0 amide bonds. The maximum absolute atomic E-state index is 14.1. The van der Waals surface area contributed by atoms with Gasteiger partial charge in [0.1, 0.15) is 18.2 Å². The molecule has 3 nitrogen and oxygen atoms in total. The number of halogens is 1. The van der Waals surface area contributed by atoms with E-state index in [1.165, 1.54) is 6.07 Å². The van der Waals surface area contributed by atoms with Crippen LogP contribution in [-0.2, 0) is 6.61 Å². The van der Waals surface area contributed by atoms with E-state index in [0.717, 1.165) is 18.7 Å². The fourth-order valence-corrected chi connectivity index (χ4v) is 2.06. The summed E-state index contributed by atoms with van der Waals surface area (Å²) in [5.41, 5.74) is 1.48. The predicted octanol–water partition coefficient (Wildman–Crippen LogP) is 3.86. The lowest BCUT2D eigenvalue weighted by Gasteiger charge is -2.15. The molecule has 0 saturated carbocycles. The van der Waals surface area contributed by atoms with Crippen LogP contribution >= 0.6 is 0 Å². The highest BCUT2D eigenvalue weighted by Crippen LogP contribution is 2.22. The Hall–Kier alpha value is -1.94. The van der Waals surface area contributed by atoms with Gasteiger partial charge in [-0.15, -0.1) is 0 Å². The van der Waals surface area contributed by atoms with E-state index in [0.29, 0.717) is 17.9 Å². The highest BCUT2D eigenvalue weighted by atomic mass is 19.1. The molecule has 2 aromatic rings. The van der Waals surface area contributed by atoms with Crippen molar-refractivity contribution in [3.05, 3.63) is 59.7 Å². The molecular formula is C17H21FN2O. The molecule has 0 bridgehead atoms. The summed E-state index contributed by atoms with van der Waals surface area (Å²) in [7, 11) is 0. The Morgan fingerprint density at radius 2 is 2.14 bits per heavy atom. The van der Waals surface area contributed by atoms with Gasteiger partial charge in [-0.1, -0.05) is 19.1 Å². The molecule has 2 rings (SSSR count). The second-order valence-electron chi connectivity index (χ2n) is 4.97. The largest absolute Gasteiger partial charge is 0.487 e. The van der Waals surface area contributed by atoms with E-state index in [4.69, 9.17) is 4.74 Å².